The second kappa shape index (κ2) is 8.84. The van der Waals surface area contributed by atoms with Gasteiger partial charge in [0.05, 0.1) is 19.2 Å². The molecule has 0 aliphatic carbocycles. The SMILES string of the molecule is COc1ccc(C(=O)N2CCc3oc(C(C)(C)C)nc3C2)c(OCCN)c1.Cl. The molecule has 1 amide bonds. The van der Waals surface area contributed by atoms with E-state index in [0.29, 0.717) is 55.6 Å². The Bertz CT molecular complexity index is 829. The Kier molecular flexibility index (Phi) is 6.96. The van der Waals surface area contributed by atoms with Gasteiger partial charge < -0.3 is 24.5 Å². The van der Waals surface area contributed by atoms with Crippen molar-refractivity contribution in [2.24, 2.45) is 5.73 Å². The maximum absolute atomic E-state index is 13.1. The van der Waals surface area contributed by atoms with Crippen LogP contribution in [0.5, 0.6) is 11.5 Å². The Morgan fingerprint density at radius 1 is 1.36 bits per heavy atom. The molecule has 0 spiro atoms. The number of amides is 1. The number of carbonyl (C=O) groups excluding carboxylic acids is 1. The van der Waals surface area contributed by atoms with Gasteiger partial charge in [0.25, 0.3) is 5.91 Å². The highest BCUT2D eigenvalue weighted by atomic mass is 35.5. The van der Waals surface area contributed by atoms with Crippen molar-refractivity contribution in [3.63, 3.8) is 0 Å². The first kappa shape index (κ1) is 22.0. The third-order valence-corrected chi connectivity index (χ3v) is 4.45. The van der Waals surface area contributed by atoms with Crippen molar-refractivity contribution in [2.75, 3.05) is 26.8 Å². The molecule has 3 rings (SSSR count). The molecule has 1 aromatic heterocycles. The summed E-state index contributed by atoms with van der Waals surface area (Å²) in [6, 6.07) is 5.20. The molecule has 0 unspecified atom stereocenters. The summed E-state index contributed by atoms with van der Waals surface area (Å²) in [5, 5.41) is 0. The number of halogens is 1. The van der Waals surface area contributed by atoms with Crippen molar-refractivity contribution >= 4 is 18.3 Å². The minimum atomic E-state index is -0.161. The van der Waals surface area contributed by atoms with Crippen molar-refractivity contribution in [1.29, 1.82) is 0 Å². The van der Waals surface area contributed by atoms with Gasteiger partial charge in [0.1, 0.15) is 29.6 Å². The number of rotatable bonds is 5. The lowest BCUT2D eigenvalue weighted by molar-refractivity contribution is 0.0723. The number of hydrogen-bond donors (Lipinski definition) is 1. The molecule has 7 nitrogen and oxygen atoms in total. The molecule has 2 aromatic rings. The summed E-state index contributed by atoms with van der Waals surface area (Å²) in [6.07, 6.45) is 0.652. The van der Waals surface area contributed by atoms with Gasteiger partial charge in [-0.1, -0.05) is 20.8 Å². The largest absolute Gasteiger partial charge is 0.497 e. The smallest absolute Gasteiger partial charge is 0.257 e. The van der Waals surface area contributed by atoms with Crippen LogP contribution in [0.15, 0.2) is 22.6 Å². The number of carbonyl (C=O) groups is 1. The zero-order chi connectivity index (χ0) is 19.6. The van der Waals surface area contributed by atoms with E-state index >= 15 is 0 Å². The van der Waals surface area contributed by atoms with Crippen LogP contribution in [0.2, 0.25) is 0 Å². The Hall–Kier alpha value is -2.25. The lowest BCUT2D eigenvalue weighted by atomic mass is 9.97. The molecular weight excluding hydrogens is 382 g/mol. The number of oxazole rings is 1. The summed E-state index contributed by atoms with van der Waals surface area (Å²) in [5.41, 5.74) is 6.70. The lowest BCUT2D eigenvalue weighted by Gasteiger charge is -2.26. The maximum Gasteiger partial charge on any atom is 0.257 e. The van der Waals surface area contributed by atoms with E-state index in [0.717, 1.165) is 11.5 Å². The van der Waals surface area contributed by atoms with Gasteiger partial charge in [-0.2, -0.15) is 0 Å². The molecule has 8 heteroatoms. The Balaban J connectivity index is 0.00000280. The molecule has 0 saturated carbocycles. The minimum absolute atomic E-state index is 0. The van der Waals surface area contributed by atoms with Crippen molar-refractivity contribution in [3.8, 4) is 11.5 Å². The van der Waals surface area contributed by atoms with Crippen LogP contribution in [-0.2, 0) is 18.4 Å². The molecule has 0 atom stereocenters. The Morgan fingerprint density at radius 2 is 2.11 bits per heavy atom. The van der Waals surface area contributed by atoms with E-state index in [1.54, 1.807) is 30.2 Å². The zero-order valence-corrected chi connectivity index (χ0v) is 17.6. The third kappa shape index (κ3) is 4.59. The molecule has 2 N–H and O–H groups in total. The highest BCUT2D eigenvalue weighted by Gasteiger charge is 2.30. The van der Waals surface area contributed by atoms with Crippen LogP contribution in [0.4, 0.5) is 0 Å². The molecule has 1 aliphatic heterocycles. The Morgan fingerprint density at radius 3 is 2.75 bits per heavy atom. The van der Waals surface area contributed by atoms with Gasteiger partial charge in [-0.15, -0.1) is 12.4 Å². The van der Waals surface area contributed by atoms with Crippen molar-refractivity contribution < 1.29 is 18.7 Å². The molecule has 1 aliphatic rings. The quantitative estimate of drug-likeness (QED) is 0.816. The number of methoxy groups -OCH3 is 1. The predicted molar refractivity (Wildman–Crippen MR) is 108 cm³/mol. The van der Waals surface area contributed by atoms with E-state index in [4.69, 9.17) is 19.6 Å². The van der Waals surface area contributed by atoms with Crippen molar-refractivity contribution in [3.05, 3.63) is 41.1 Å². The maximum atomic E-state index is 13.1. The number of benzene rings is 1. The normalized spacial score (nSPS) is 13.5. The minimum Gasteiger partial charge on any atom is -0.497 e. The molecule has 28 heavy (non-hydrogen) atoms. The van der Waals surface area contributed by atoms with Crippen LogP contribution in [0, 0.1) is 0 Å². The van der Waals surface area contributed by atoms with Gasteiger partial charge >= 0.3 is 0 Å². The molecule has 0 fully saturated rings. The number of ether oxygens (including phenoxy) is 2. The summed E-state index contributed by atoms with van der Waals surface area (Å²) in [4.78, 5) is 19.5. The van der Waals surface area contributed by atoms with Gasteiger partial charge in [-0.3, -0.25) is 4.79 Å². The monoisotopic (exact) mass is 409 g/mol. The van der Waals surface area contributed by atoms with E-state index in [1.807, 2.05) is 0 Å². The van der Waals surface area contributed by atoms with Crippen molar-refractivity contribution in [2.45, 2.75) is 39.2 Å². The van der Waals surface area contributed by atoms with E-state index in [-0.39, 0.29) is 23.7 Å². The molecule has 0 saturated heterocycles. The molecular formula is C20H28ClN3O4. The van der Waals surface area contributed by atoms with Crippen LogP contribution >= 0.6 is 12.4 Å². The van der Waals surface area contributed by atoms with E-state index in [1.165, 1.54) is 0 Å². The second-order valence-electron chi connectivity index (χ2n) is 7.61. The molecule has 1 aromatic carbocycles. The van der Waals surface area contributed by atoms with Crippen LogP contribution in [-0.4, -0.2) is 42.6 Å². The topological polar surface area (TPSA) is 90.8 Å². The standard InChI is InChI=1S/C20H27N3O4.ClH/c1-20(2,3)19-22-15-12-23(9-7-16(15)27-19)18(24)14-6-5-13(25-4)11-17(14)26-10-8-21;/h5-6,11H,7-10,12,21H2,1-4H3;1H. The predicted octanol–water partition coefficient (Wildman–Crippen LogP) is 2.94. The summed E-state index contributed by atoms with van der Waals surface area (Å²) in [5.74, 6) is 2.59. The van der Waals surface area contributed by atoms with Crippen LogP contribution in [0.25, 0.3) is 0 Å². The summed E-state index contributed by atoms with van der Waals surface area (Å²) >= 11 is 0. The summed E-state index contributed by atoms with van der Waals surface area (Å²) in [7, 11) is 1.58. The first-order valence-corrected chi connectivity index (χ1v) is 9.12. The van der Waals surface area contributed by atoms with E-state index in [2.05, 4.69) is 25.8 Å². The van der Waals surface area contributed by atoms with Crippen molar-refractivity contribution in [1.82, 2.24) is 9.88 Å². The fourth-order valence-electron chi connectivity index (χ4n) is 2.96. The number of hydrogen-bond acceptors (Lipinski definition) is 6. The highest BCUT2D eigenvalue weighted by Crippen LogP contribution is 2.30. The van der Waals surface area contributed by atoms with Gasteiger partial charge in [0, 0.05) is 31.0 Å². The lowest BCUT2D eigenvalue weighted by Crippen LogP contribution is -2.36. The fourth-order valence-corrected chi connectivity index (χ4v) is 2.96. The van der Waals surface area contributed by atoms with E-state index < -0.39 is 0 Å². The van der Waals surface area contributed by atoms with Crippen LogP contribution in [0.1, 0.15) is 48.5 Å². The molecule has 2 heterocycles. The zero-order valence-electron chi connectivity index (χ0n) is 16.8. The van der Waals surface area contributed by atoms with Gasteiger partial charge in [0.2, 0.25) is 0 Å². The van der Waals surface area contributed by atoms with Crippen LogP contribution in [0.3, 0.4) is 0 Å². The molecule has 0 radical (unpaired) electrons. The first-order valence-electron chi connectivity index (χ1n) is 9.12. The Labute approximate surface area is 171 Å². The number of aromatic nitrogens is 1. The second-order valence-corrected chi connectivity index (χ2v) is 7.61. The first-order chi connectivity index (χ1) is 12.8. The summed E-state index contributed by atoms with van der Waals surface area (Å²) in [6.45, 7) is 7.88. The number of nitrogens with zero attached hydrogens (tertiary/aromatic N) is 2. The van der Waals surface area contributed by atoms with E-state index in [9.17, 15) is 4.79 Å². The third-order valence-electron chi connectivity index (χ3n) is 4.45. The summed E-state index contributed by atoms with van der Waals surface area (Å²) < 4.78 is 16.8. The van der Waals surface area contributed by atoms with Gasteiger partial charge in [0.15, 0.2) is 5.89 Å². The number of fused-ring (bicyclic) bond motifs is 1. The average Bonchev–Trinajstić information content (AvgIpc) is 3.09. The van der Waals surface area contributed by atoms with Gasteiger partial charge in [-0.05, 0) is 12.1 Å². The van der Waals surface area contributed by atoms with Gasteiger partial charge in [-0.25, -0.2) is 4.98 Å². The number of nitrogens with two attached hydrogens (primary N) is 1. The van der Waals surface area contributed by atoms with Crippen LogP contribution < -0.4 is 15.2 Å². The fraction of sp³-hybridized carbons (Fsp3) is 0.500. The molecule has 154 valence electrons. The highest BCUT2D eigenvalue weighted by molar-refractivity contribution is 5.97. The molecule has 0 bridgehead atoms. The average molecular weight is 410 g/mol.